The summed E-state index contributed by atoms with van der Waals surface area (Å²) in [5.41, 5.74) is 0. The van der Waals surface area contributed by atoms with Crippen molar-refractivity contribution >= 4 is 11.9 Å². The highest BCUT2D eigenvalue weighted by atomic mass is 16.6. The van der Waals surface area contributed by atoms with Gasteiger partial charge in [0.25, 0.3) is 0 Å². The van der Waals surface area contributed by atoms with Gasteiger partial charge in [-0.25, -0.2) is 0 Å². The predicted molar refractivity (Wildman–Crippen MR) is 379 cm³/mol. The van der Waals surface area contributed by atoms with E-state index in [0.717, 1.165) is 154 Å². The number of unbranched alkanes of at least 4 members (excludes halogenated alkanes) is 19. The zero-order valence-electron chi connectivity index (χ0n) is 55.0. The monoisotopic (exact) mass is 1180 g/mol. The molecule has 0 rings (SSSR count). The first-order chi connectivity index (χ1) is 42.6. The molecule has 0 aliphatic carbocycles. The third-order valence-corrected chi connectivity index (χ3v) is 14.1. The van der Waals surface area contributed by atoms with E-state index >= 15 is 0 Å². The molecule has 1 unspecified atom stereocenters. The van der Waals surface area contributed by atoms with Crippen LogP contribution in [0.2, 0.25) is 0 Å². The highest BCUT2D eigenvalue weighted by Gasteiger charge is 2.16. The van der Waals surface area contributed by atoms with Crippen LogP contribution in [0.5, 0.6) is 0 Å². The Morgan fingerprint density at radius 1 is 0.267 bits per heavy atom. The molecule has 0 aromatic carbocycles. The van der Waals surface area contributed by atoms with E-state index in [-0.39, 0.29) is 25.2 Å². The molecule has 0 aromatic heterocycles. The van der Waals surface area contributed by atoms with Crippen LogP contribution in [0, 0.1) is 0 Å². The summed E-state index contributed by atoms with van der Waals surface area (Å²) in [7, 11) is 0. The molecule has 0 heterocycles. The number of aliphatic hydroxyl groups excluding tert-OH is 1. The Morgan fingerprint density at radius 2 is 0.465 bits per heavy atom. The first-order valence-corrected chi connectivity index (χ1v) is 34.6. The molecule has 0 fully saturated rings. The maximum Gasteiger partial charge on any atom is 0.306 e. The van der Waals surface area contributed by atoms with Crippen molar-refractivity contribution in [1.82, 2.24) is 0 Å². The van der Waals surface area contributed by atoms with Gasteiger partial charge in [-0.15, -0.1) is 0 Å². The van der Waals surface area contributed by atoms with E-state index in [4.69, 9.17) is 9.47 Å². The van der Waals surface area contributed by atoms with Gasteiger partial charge in [0.2, 0.25) is 0 Å². The minimum Gasteiger partial charge on any atom is -0.462 e. The summed E-state index contributed by atoms with van der Waals surface area (Å²) < 4.78 is 10.7. The SMILES string of the molecule is CC/C=C\C/C=C\C/C=C\C/C=C\C/C=C\C/C=C\C/C=C\C/C=C\C/C=C\CCCCCCCCCCCCCCCC(=O)OC(CO)COC(=O)CCCCCCCC/C=C\C/C=C\C/C=C\C/C=C\C/C=C\C/C=C\C/C=C\C/C=C\CC. The van der Waals surface area contributed by atoms with Gasteiger partial charge in [0, 0.05) is 12.8 Å². The van der Waals surface area contributed by atoms with Gasteiger partial charge in [0.15, 0.2) is 6.10 Å². The highest BCUT2D eigenvalue weighted by Crippen LogP contribution is 2.15. The standard InChI is InChI=1S/C81H126O5/c1-3-5-7-9-11-13-15-17-19-21-23-25-27-29-31-33-35-36-37-38-39-40-41-42-43-44-46-48-50-52-54-56-58-60-62-64-66-68-70-72-74-76-81(84)86-79(77-82)78-85-80(83)75-73-71-69-67-65-63-61-59-57-55-53-51-49-47-45-34-32-30-28-26-24-22-20-18-16-14-12-10-8-6-4-2/h5-8,11-14,17-20,23-26,29-32,35-36,38-39,41-42,44-47,51,53,57,59,79,82H,3-4,9-10,15-16,21-22,27-28,33-34,37,40,43,48-50,52,54-56,58,60-78H2,1-2H3/b7-5-,8-6-,13-11-,14-12-,19-17-,20-18-,25-23-,26-24-,31-29-,32-30-,36-35-,39-38-,42-41-,46-44-,47-45-,53-51-,59-57-. The molecule has 0 aliphatic rings. The van der Waals surface area contributed by atoms with Crippen molar-refractivity contribution in [1.29, 1.82) is 0 Å². The van der Waals surface area contributed by atoms with E-state index in [2.05, 4.69) is 220 Å². The molecule has 0 saturated carbocycles. The molecule has 0 aliphatic heterocycles. The summed E-state index contributed by atoms with van der Waals surface area (Å²) in [4.78, 5) is 24.7. The Hall–Kier alpha value is -5.52. The molecule has 1 atom stereocenters. The lowest BCUT2D eigenvalue weighted by molar-refractivity contribution is -0.161. The molecule has 1 N–H and O–H groups in total. The Balaban J connectivity index is 3.60. The largest absolute Gasteiger partial charge is 0.462 e. The van der Waals surface area contributed by atoms with Crippen molar-refractivity contribution < 1.29 is 24.2 Å². The fraction of sp³-hybridized carbons (Fsp3) is 0.556. The van der Waals surface area contributed by atoms with E-state index in [1.54, 1.807) is 0 Å². The number of aliphatic hydroxyl groups is 1. The lowest BCUT2D eigenvalue weighted by Crippen LogP contribution is -2.28. The van der Waals surface area contributed by atoms with Crippen LogP contribution >= 0.6 is 0 Å². The van der Waals surface area contributed by atoms with Crippen molar-refractivity contribution in [2.75, 3.05) is 13.2 Å². The van der Waals surface area contributed by atoms with Crippen molar-refractivity contribution in [2.45, 2.75) is 277 Å². The number of hydrogen-bond donors (Lipinski definition) is 1. The second kappa shape index (κ2) is 73.7. The van der Waals surface area contributed by atoms with Gasteiger partial charge in [-0.3, -0.25) is 9.59 Å². The molecule has 0 bridgehead atoms. The molecule has 5 heteroatoms. The Kier molecular flexibility index (Phi) is 69.0. The summed E-state index contributed by atoms with van der Waals surface area (Å²) in [6.07, 6.45) is 118. The average Bonchev–Trinajstić information content (AvgIpc) is 3.54. The van der Waals surface area contributed by atoms with Crippen molar-refractivity contribution in [3.05, 3.63) is 207 Å². The molecule has 5 nitrogen and oxygen atoms in total. The zero-order chi connectivity index (χ0) is 61.9. The van der Waals surface area contributed by atoms with E-state index < -0.39 is 6.10 Å². The van der Waals surface area contributed by atoms with Gasteiger partial charge in [0.1, 0.15) is 6.61 Å². The second-order valence-corrected chi connectivity index (χ2v) is 22.1. The Labute approximate surface area is 530 Å². The lowest BCUT2D eigenvalue weighted by Gasteiger charge is -2.15. The fourth-order valence-electron chi connectivity index (χ4n) is 8.98. The molecule has 0 saturated heterocycles. The van der Waals surface area contributed by atoms with Crippen LogP contribution in [0.3, 0.4) is 0 Å². The summed E-state index contributed by atoms with van der Waals surface area (Å²) in [6, 6.07) is 0. The van der Waals surface area contributed by atoms with Crippen LogP contribution in [0.4, 0.5) is 0 Å². The second-order valence-electron chi connectivity index (χ2n) is 22.1. The van der Waals surface area contributed by atoms with Gasteiger partial charge >= 0.3 is 11.9 Å². The first-order valence-electron chi connectivity index (χ1n) is 34.6. The smallest absolute Gasteiger partial charge is 0.306 e. The number of allylic oxidation sites excluding steroid dienone is 34. The highest BCUT2D eigenvalue weighted by molar-refractivity contribution is 5.70. The van der Waals surface area contributed by atoms with Gasteiger partial charge in [-0.1, -0.05) is 317 Å². The van der Waals surface area contributed by atoms with E-state index in [1.165, 1.54) is 89.9 Å². The molecule has 480 valence electrons. The summed E-state index contributed by atoms with van der Waals surface area (Å²) in [5, 5.41) is 9.70. The van der Waals surface area contributed by atoms with E-state index in [9.17, 15) is 14.7 Å². The number of rotatable bonds is 61. The van der Waals surface area contributed by atoms with E-state index in [0.29, 0.717) is 12.8 Å². The zero-order valence-corrected chi connectivity index (χ0v) is 55.0. The van der Waals surface area contributed by atoms with Crippen molar-refractivity contribution in [3.63, 3.8) is 0 Å². The number of hydrogen-bond acceptors (Lipinski definition) is 5. The van der Waals surface area contributed by atoms with Gasteiger partial charge in [-0.2, -0.15) is 0 Å². The maximum absolute atomic E-state index is 12.4. The lowest BCUT2D eigenvalue weighted by atomic mass is 10.0. The van der Waals surface area contributed by atoms with Crippen molar-refractivity contribution in [2.24, 2.45) is 0 Å². The number of esters is 2. The van der Waals surface area contributed by atoms with E-state index in [1.807, 2.05) is 0 Å². The third-order valence-electron chi connectivity index (χ3n) is 14.1. The Morgan fingerprint density at radius 3 is 0.698 bits per heavy atom. The van der Waals surface area contributed by atoms with Gasteiger partial charge in [-0.05, 0) is 148 Å². The minimum absolute atomic E-state index is 0.0860. The van der Waals surface area contributed by atoms with Crippen LogP contribution in [0.15, 0.2) is 207 Å². The number of carbonyl (C=O) groups is 2. The third kappa shape index (κ3) is 71.0. The molecule has 86 heavy (non-hydrogen) atoms. The van der Waals surface area contributed by atoms with Crippen LogP contribution in [0.1, 0.15) is 271 Å². The molecular weight excluding hydrogens is 1050 g/mol. The minimum atomic E-state index is -0.796. The fourth-order valence-corrected chi connectivity index (χ4v) is 8.98. The topological polar surface area (TPSA) is 72.8 Å². The molecular formula is C81H126O5. The number of carbonyl (C=O) groups excluding carboxylic acids is 2. The quantitative estimate of drug-likeness (QED) is 0.0373. The van der Waals surface area contributed by atoms with Crippen LogP contribution in [0.25, 0.3) is 0 Å². The predicted octanol–water partition coefficient (Wildman–Crippen LogP) is 24.5. The summed E-state index contributed by atoms with van der Waals surface area (Å²) in [5.74, 6) is -0.619. The molecule has 0 amide bonds. The number of ether oxygens (including phenoxy) is 2. The van der Waals surface area contributed by atoms with Crippen LogP contribution in [-0.4, -0.2) is 36.4 Å². The van der Waals surface area contributed by atoms with Gasteiger partial charge in [0.05, 0.1) is 6.61 Å². The summed E-state index contributed by atoms with van der Waals surface area (Å²) >= 11 is 0. The van der Waals surface area contributed by atoms with Gasteiger partial charge < -0.3 is 14.6 Å². The molecule has 0 aromatic rings. The first kappa shape index (κ1) is 80.5. The summed E-state index contributed by atoms with van der Waals surface area (Å²) in [6.45, 7) is 3.89. The van der Waals surface area contributed by atoms with Crippen molar-refractivity contribution in [3.8, 4) is 0 Å². The Bertz CT molecular complexity index is 2020. The van der Waals surface area contributed by atoms with Crippen LogP contribution in [-0.2, 0) is 19.1 Å². The maximum atomic E-state index is 12.4. The molecule has 0 spiro atoms. The van der Waals surface area contributed by atoms with Crippen LogP contribution < -0.4 is 0 Å². The normalized spacial score (nSPS) is 13.6. The average molecular weight is 1180 g/mol. The molecule has 0 radical (unpaired) electrons.